The van der Waals surface area contributed by atoms with Crippen LogP contribution in [0.3, 0.4) is 0 Å². The number of benzene rings is 1. The molecule has 0 atom stereocenters. The maximum Gasteiger partial charge on any atom is 0.254 e. The number of nitrogens with one attached hydrogen (secondary N) is 2. The van der Waals surface area contributed by atoms with Gasteiger partial charge >= 0.3 is 0 Å². The van der Waals surface area contributed by atoms with Gasteiger partial charge < -0.3 is 10.1 Å². The van der Waals surface area contributed by atoms with Crippen molar-refractivity contribution in [2.75, 3.05) is 32.8 Å². The van der Waals surface area contributed by atoms with Gasteiger partial charge in [-0.25, -0.2) is 13.4 Å². The van der Waals surface area contributed by atoms with E-state index in [1.165, 1.54) is 0 Å². The van der Waals surface area contributed by atoms with Crippen LogP contribution in [0.5, 0.6) is 0 Å². The first-order valence-corrected chi connectivity index (χ1v) is 9.15. The fourth-order valence-electron chi connectivity index (χ4n) is 2.02. The zero-order valence-electron chi connectivity index (χ0n) is 11.9. The fraction of sp³-hybridized carbons (Fsp3) is 0.538. The van der Waals surface area contributed by atoms with Crippen molar-refractivity contribution in [3.8, 4) is 0 Å². The van der Waals surface area contributed by atoms with Gasteiger partial charge in [0.1, 0.15) is 0 Å². The number of hydrogen-bond acceptors (Lipinski definition) is 5. The van der Waals surface area contributed by atoms with Gasteiger partial charge in [-0.05, 0) is 40.2 Å². The summed E-state index contributed by atoms with van der Waals surface area (Å²) in [4.78, 5) is 2.84. The van der Waals surface area contributed by atoms with Gasteiger partial charge in [-0.1, -0.05) is 13.0 Å². The van der Waals surface area contributed by atoms with E-state index in [4.69, 9.17) is 4.74 Å². The number of hydrazine groups is 1. The summed E-state index contributed by atoms with van der Waals surface area (Å²) in [6.45, 7) is 5.78. The van der Waals surface area contributed by atoms with Crippen LogP contribution in [-0.2, 0) is 21.3 Å². The highest BCUT2D eigenvalue weighted by molar-refractivity contribution is 9.10. The Morgan fingerprint density at radius 2 is 2.05 bits per heavy atom. The average Bonchev–Trinajstić information content (AvgIpc) is 2.45. The molecule has 0 aromatic heterocycles. The third-order valence-electron chi connectivity index (χ3n) is 3.13. The van der Waals surface area contributed by atoms with Crippen LogP contribution in [0.25, 0.3) is 0 Å². The van der Waals surface area contributed by atoms with Gasteiger partial charge in [0.15, 0.2) is 0 Å². The first kappa shape index (κ1) is 16.9. The third-order valence-corrected chi connectivity index (χ3v) is 5.48. The molecular formula is C13H20BrN3O3S. The largest absolute Gasteiger partial charge is 0.379 e. The van der Waals surface area contributed by atoms with Crippen LogP contribution in [0.15, 0.2) is 27.6 Å². The van der Waals surface area contributed by atoms with E-state index in [9.17, 15) is 8.42 Å². The first-order valence-electron chi connectivity index (χ1n) is 6.87. The van der Waals surface area contributed by atoms with Gasteiger partial charge in [0.25, 0.3) is 10.0 Å². The zero-order valence-corrected chi connectivity index (χ0v) is 14.3. The van der Waals surface area contributed by atoms with Crippen LogP contribution >= 0.6 is 15.9 Å². The van der Waals surface area contributed by atoms with Gasteiger partial charge in [-0.15, -0.1) is 4.83 Å². The van der Waals surface area contributed by atoms with Gasteiger partial charge in [0.2, 0.25) is 0 Å². The van der Waals surface area contributed by atoms with Crippen molar-refractivity contribution < 1.29 is 13.2 Å². The Kier molecular flexibility index (Phi) is 6.15. The van der Waals surface area contributed by atoms with Crippen molar-refractivity contribution in [1.82, 2.24) is 15.2 Å². The van der Waals surface area contributed by atoms with E-state index in [-0.39, 0.29) is 4.90 Å². The van der Waals surface area contributed by atoms with Crippen molar-refractivity contribution in [3.63, 3.8) is 0 Å². The second kappa shape index (κ2) is 7.66. The van der Waals surface area contributed by atoms with Gasteiger partial charge in [-0.2, -0.15) is 0 Å². The Balaban J connectivity index is 2.11. The second-order valence-electron chi connectivity index (χ2n) is 4.74. The SMILES string of the molecule is CCNCc1ccc(S(=O)(=O)NN2CCOCC2)c(Br)c1. The lowest BCUT2D eigenvalue weighted by Crippen LogP contribution is -2.48. The molecule has 0 bridgehead atoms. The first-order chi connectivity index (χ1) is 10.0. The molecule has 1 aliphatic heterocycles. The molecule has 1 aromatic carbocycles. The molecule has 1 heterocycles. The molecule has 21 heavy (non-hydrogen) atoms. The maximum absolute atomic E-state index is 12.4. The van der Waals surface area contributed by atoms with Crippen molar-refractivity contribution >= 4 is 26.0 Å². The number of morpholine rings is 1. The molecule has 0 radical (unpaired) electrons. The highest BCUT2D eigenvalue weighted by atomic mass is 79.9. The number of ether oxygens (including phenoxy) is 1. The standard InChI is InChI=1S/C13H20BrN3O3S/c1-2-15-10-11-3-4-13(12(14)9-11)21(18,19)16-17-5-7-20-8-6-17/h3-4,9,15-16H,2,5-8,10H2,1H3. The number of hydrogen-bond donors (Lipinski definition) is 2. The molecule has 0 unspecified atom stereocenters. The number of rotatable bonds is 6. The molecule has 0 spiro atoms. The smallest absolute Gasteiger partial charge is 0.254 e. The minimum atomic E-state index is -3.57. The zero-order chi connectivity index (χ0) is 15.3. The minimum Gasteiger partial charge on any atom is -0.379 e. The summed E-state index contributed by atoms with van der Waals surface area (Å²) >= 11 is 3.35. The Labute approximate surface area is 134 Å². The van der Waals surface area contributed by atoms with Crippen LogP contribution in [0, 0.1) is 0 Å². The Morgan fingerprint density at radius 1 is 1.33 bits per heavy atom. The predicted octanol–water partition coefficient (Wildman–Crippen LogP) is 1.08. The van der Waals surface area contributed by atoms with E-state index in [1.54, 1.807) is 11.1 Å². The van der Waals surface area contributed by atoms with Gasteiger partial charge in [0, 0.05) is 24.1 Å². The summed E-state index contributed by atoms with van der Waals surface area (Å²) in [5.74, 6) is 0. The Bertz CT molecular complexity index is 574. The summed E-state index contributed by atoms with van der Waals surface area (Å²) in [6.07, 6.45) is 0. The molecule has 1 aromatic rings. The van der Waals surface area contributed by atoms with Crippen LogP contribution in [0.2, 0.25) is 0 Å². The fourth-order valence-corrected chi connectivity index (χ4v) is 4.26. The van der Waals surface area contributed by atoms with Crippen molar-refractivity contribution in [1.29, 1.82) is 0 Å². The van der Waals surface area contributed by atoms with E-state index in [0.717, 1.165) is 12.1 Å². The van der Waals surface area contributed by atoms with Crippen molar-refractivity contribution in [3.05, 3.63) is 28.2 Å². The topological polar surface area (TPSA) is 70.7 Å². The molecule has 0 amide bonds. The van der Waals surface area contributed by atoms with E-state index < -0.39 is 10.0 Å². The Hall–Kier alpha value is -0.510. The lowest BCUT2D eigenvalue weighted by molar-refractivity contribution is 0.0272. The van der Waals surface area contributed by atoms with E-state index in [2.05, 4.69) is 26.1 Å². The summed E-state index contributed by atoms with van der Waals surface area (Å²) in [5, 5.41) is 4.87. The number of nitrogens with zero attached hydrogens (tertiary/aromatic N) is 1. The number of halogens is 1. The molecule has 1 aliphatic rings. The van der Waals surface area contributed by atoms with E-state index in [0.29, 0.717) is 37.3 Å². The van der Waals surface area contributed by atoms with Gasteiger partial charge in [0.05, 0.1) is 18.1 Å². The molecular weight excluding hydrogens is 358 g/mol. The summed E-state index contributed by atoms with van der Waals surface area (Å²) in [5.41, 5.74) is 1.04. The second-order valence-corrected chi connectivity index (χ2v) is 7.22. The third kappa shape index (κ3) is 4.73. The summed E-state index contributed by atoms with van der Waals surface area (Å²) in [7, 11) is -3.57. The lowest BCUT2D eigenvalue weighted by atomic mass is 10.2. The highest BCUT2D eigenvalue weighted by Crippen LogP contribution is 2.23. The molecule has 0 aliphatic carbocycles. The Morgan fingerprint density at radius 3 is 2.67 bits per heavy atom. The molecule has 2 N–H and O–H groups in total. The van der Waals surface area contributed by atoms with E-state index >= 15 is 0 Å². The average molecular weight is 378 g/mol. The summed E-state index contributed by atoms with van der Waals surface area (Å²) in [6, 6.07) is 5.28. The van der Waals surface area contributed by atoms with Gasteiger partial charge in [-0.3, -0.25) is 0 Å². The van der Waals surface area contributed by atoms with Crippen molar-refractivity contribution in [2.24, 2.45) is 0 Å². The monoisotopic (exact) mass is 377 g/mol. The molecule has 1 saturated heterocycles. The predicted molar refractivity (Wildman–Crippen MR) is 84.2 cm³/mol. The number of sulfonamides is 1. The summed E-state index contributed by atoms with van der Waals surface area (Å²) < 4.78 is 30.6. The van der Waals surface area contributed by atoms with Crippen LogP contribution in [0.4, 0.5) is 0 Å². The molecule has 1 fully saturated rings. The van der Waals surface area contributed by atoms with Crippen LogP contribution in [-0.4, -0.2) is 46.3 Å². The van der Waals surface area contributed by atoms with Crippen molar-refractivity contribution in [2.45, 2.75) is 18.4 Å². The van der Waals surface area contributed by atoms with E-state index in [1.807, 2.05) is 19.1 Å². The van der Waals surface area contributed by atoms with Crippen LogP contribution < -0.4 is 10.1 Å². The normalized spacial score (nSPS) is 17.0. The highest BCUT2D eigenvalue weighted by Gasteiger charge is 2.22. The quantitative estimate of drug-likeness (QED) is 0.776. The van der Waals surface area contributed by atoms with Crippen LogP contribution in [0.1, 0.15) is 12.5 Å². The molecule has 2 rings (SSSR count). The molecule has 8 heteroatoms. The lowest BCUT2D eigenvalue weighted by Gasteiger charge is -2.26. The molecule has 0 saturated carbocycles. The molecule has 6 nitrogen and oxygen atoms in total. The minimum absolute atomic E-state index is 0.245. The maximum atomic E-state index is 12.4. The molecule has 118 valence electrons.